The second-order valence-corrected chi connectivity index (χ2v) is 7.81. The number of nitro benzene ring substituents is 1. The van der Waals surface area contributed by atoms with Crippen LogP contribution in [0.25, 0.3) is 0 Å². The summed E-state index contributed by atoms with van der Waals surface area (Å²) in [6.45, 7) is 6.95. The van der Waals surface area contributed by atoms with Crippen LogP contribution in [-0.4, -0.2) is 23.6 Å². The lowest BCUT2D eigenvalue weighted by Crippen LogP contribution is -2.32. The summed E-state index contributed by atoms with van der Waals surface area (Å²) in [5.74, 6) is 1.52. The summed E-state index contributed by atoms with van der Waals surface area (Å²) in [5, 5.41) is 19.9. The Kier molecular flexibility index (Phi) is 3.39. The molecule has 132 valence electrons. The van der Waals surface area contributed by atoms with Gasteiger partial charge >= 0.3 is 0 Å². The van der Waals surface area contributed by atoms with E-state index in [2.05, 4.69) is 31.0 Å². The van der Waals surface area contributed by atoms with Gasteiger partial charge in [0.15, 0.2) is 11.5 Å². The van der Waals surface area contributed by atoms with Crippen molar-refractivity contribution in [2.24, 2.45) is 27.0 Å². The fourth-order valence-electron chi connectivity index (χ4n) is 4.45. The second-order valence-electron chi connectivity index (χ2n) is 7.81. The number of benzene rings is 1. The Balaban J connectivity index is 1.64. The third kappa shape index (κ3) is 2.25. The number of ether oxygens (including phenoxy) is 2. The van der Waals surface area contributed by atoms with Crippen LogP contribution < -0.4 is 9.47 Å². The van der Waals surface area contributed by atoms with Crippen molar-refractivity contribution in [3.05, 3.63) is 27.8 Å². The Bertz CT molecular complexity index is 815. The molecule has 0 spiro atoms. The largest absolute Gasteiger partial charge is 0.454 e. The number of rotatable bonds is 3. The van der Waals surface area contributed by atoms with Crippen molar-refractivity contribution < 1.29 is 14.4 Å². The number of fused-ring (bicyclic) bond motifs is 3. The van der Waals surface area contributed by atoms with Crippen molar-refractivity contribution in [3.8, 4) is 11.5 Å². The van der Waals surface area contributed by atoms with Crippen LogP contribution in [0.5, 0.6) is 11.5 Å². The average Bonchev–Trinajstić information content (AvgIpc) is 3.15. The summed E-state index contributed by atoms with van der Waals surface area (Å²) in [4.78, 5) is 10.8. The molecule has 2 unspecified atom stereocenters. The van der Waals surface area contributed by atoms with Gasteiger partial charge in [0.1, 0.15) is 0 Å². The molecule has 2 atom stereocenters. The lowest BCUT2D eigenvalue weighted by molar-refractivity contribution is -0.385. The van der Waals surface area contributed by atoms with E-state index in [4.69, 9.17) is 9.47 Å². The first-order chi connectivity index (χ1) is 11.8. The third-order valence-corrected chi connectivity index (χ3v) is 6.61. The molecular formula is C18H21N3O4. The molecule has 1 heterocycles. The van der Waals surface area contributed by atoms with E-state index < -0.39 is 4.92 Å². The zero-order chi connectivity index (χ0) is 17.8. The van der Waals surface area contributed by atoms with Crippen LogP contribution in [0, 0.1) is 26.9 Å². The molecule has 0 N–H and O–H groups in total. The topological polar surface area (TPSA) is 86.3 Å². The zero-order valence-corrected chi connectivity index (χ0v) is 14.6. The van der Waals surface area contributed by atoms with Gasteiger partial charge in [-0.2, -0.15) is 10.2 Å². The van der Waals surface area contributed by atoms with Crippen LogP contribution in [-0.2, 0) is 0 Å². The molecule has 2 aliphatic carbocycles. The Labute approximate surface area is 145 Å². The minimum Gasteiger partial charge on any atom is -0.454 e. The van der Waals surface area contributed by atoms with Crippen LogP contribution in [0.4, 0.5) is 5.69 Å². The van der Waals surface area contributed by atoms with Crippen molar-refractivity contribution >= 4 is 17.6 Å². The Morgan fingerprint density at radius 2 is 2.00 bits per heavy atom. The van der Waals surface area contributed by atoms with Crippen LogP contribution >= 0.6 is 0 Å². The lowest BCUT2D eigenvalue weighted by atomic mass is 9.70. The Morgan fingerprint density at radius 1 is 1.28 bits per heavy atom. The number of hydrogen-bond donors (Lipinski definition) is 0. The first-order valence-corrected chi connectivity index (χ1v) is 8.51. The maximum atomic E-state index is 11.3. The van der Waals surface area contributed by atoms with Crippen molar-refractivity contribution in [2.75, 3.05) is 6.79 Å². The van der Waals surface area contributed by atoms with Gasteiger partial charge in [0, 0.05) is 11.1 Å². The van der Waals surface area contributed by atoms with Gasteiger partial charge < -0.3 is 9.47 Å². The quantitative estimate of drug-likeness (QED) is 0.472. The van der Waals surface area contributed by atoms with E-state index >= 15 is 0 Å². The second kappa shape index (κ2) is 5.28. The van der Waals surface area contributed by atoms with E-state index in [-0.39, 0.29) is 23.3 Å². The van der Waals surface area contributed by atoms with Crippen LogP contribution in [0.2, 0.25) is 0 Å². The molecule has 0 aromatic heterocycles. The van der Waals surface area contributed by atoms with Crippen LogP contribution in [0.3, 0.4) is 0 Å². The molecule has 1 aromatic rings. The van der Waals surface area contributed by atoms with Crippen molar-refractivity contribution in [3.63, 3.8) is 0 Å². The molecule has 2 saturated carbocycles. The molecule has 2 bridgehead atoms. The van der Waals surface area contributed by atoms with E-state index in [1.807, 2.05) is 0 Å². The lowest BCUT2D eigenvalue weighted by Gasteiger charge is -2.34. The van der Waals surface area contributed by atoms with Gasteiger partial charge in [-0.05, 0) is 36.7 Å². The van der Waals surface area contributed by atoms with E-state index in [0.29, 0.717) is 23.0 Å². The fourth-order valence-corrected chi connectivity index (χ4v) is 4.45. The summed E-state index contributed by atoms with van der Waals surface area (Å²) >= 11 is 0. The summed E-state index contributed by atoms with van der Waals surface area (Å²) in [7, 11) is 0. The van der Waals surface area contributed by atoms with Crippen LogP contribution in [0.1, 0.15) is 45.6 Å². The maximum Gasteiger partial charge on any atom is 0.282 e. The van der Waals surface area contributed by atoms with Gasteiger partial charge in [0.05, 0.1) is 22.8 Å². The van der Waals surface area contributed by atoms with Crippen molar-refractivity contribution in [2.45, 2.75) is 40.0 Å². The van der Waals surface area contributed by atoms with E-state index in [0.717, 1.165) is 18.6 Å². The SMILES string of the molecule is CC12CCC(C/C1=N\N=C\c1cc3c(cc1[N+](=O)[O-])OCO3)C2(C)C. The van der Waals surface area contributed by atoms with E-state index in [9.17, 15) is 10.1 Å². The molecular weight excluding hydrogens is 322 g/mol. The number of nitro groups is 1. The van der Waals surface area contributed by atoms with Gasteiger partial charge in [-0.25, -0.2) is 0 Å². The fraction of sp³-hybridized carbons (Fsp3) is 0.556. The highest BCUT2D eigenvalue weighted by atomic mass is 16.7. The molecule has 0 radical (unpaired) electrons. The Morgan fingerprint density at radius 3 is 2.60 bits per heavy atom. The summed E-state index contributed by atoms with van der Waals surface area (Å²) < 4.78 is 10.5. The van der Waals surface area contributed by atoms with Gasteiger partial charge in [-0.3, -0.25) is 10.1 Å². The van der Waals surface area contributed by atoms with Crippen molar-refractivity contribution in [1.82, 2.24) is 0 Å². The minimum absolute atomic E-state index is 0.0623. The highest BCUT2D eigenvalue weighted by molar-refractivity contribution is 5.95. The first kappa shape index (κ1) is 16.1. The predicted octanol–water partition coefficient (Wildman–Crippen LogP) is 3.94. The van der Waals surface area contributed by atoms with E-state index in [1.54, 1.807) is 6.07 Å². The molecule has 3 aliphatic rings. The van der Waals surface area contributed by atoms with Crippen molar-refractivity contribution in [1.29, 1.82) is 0 Å². The third-order valence-electron chi connectivity index (χ3n) is 6.61. The smallest absolute Gasteiger partial charge is 0.282 e. The molecule has 2 fully saturated rings. The highest BCUT2D eigenvalue weighted by Gasteiger charge is 2.59. The number of nitrogens with zero attached hydrogens (tertiary/aromatic N) is 3. The number of hydrogen-bond acceptors (Lipinski definition) is 6. The highest BCUT2D eigenvalue weighted by Crippen LogP contribution is 2.64. The summed E-state index contributed by atoms with van der Waals surface area (Å²) in [6.07, 6.45) is 4.77. The molecule has 1 aromatic carbocycles. The van der Waals surface area contributed by atoms with Gasteiger partial charge in [-0.15, -0.1) is 0 Å². The summed E-state index contributed by atoms with van der Waals surface area (Å²) in [5.41, 5.74) is 1.70. The monoisotopic (exact) mass is 343 g/mol. The molecule has 25 heavy (non-hydrogen) atoms. The van der Waals surface area contributed by atoms with Gasteiger partial charge in [0.2, 0.25) is 6.79 Å². The molecule has 4 rings (SSSR count). The maximum absolute atomic E-state index is 11.3. The summed E-state index contributed by atoms with van der Waals surface area (Å²) in [6, 6.07) is 2.95. The first-order valence-electron chi connectivity index (χ1n) is 8.51. The normalized spacial score (nSPS) is 30.5. The molecule has 0 amide bonds. The van der Waals surface area contributed by atoms with Crippen LogP contribution in [0.15, 0.2) is 22.3 Å². The predicted molar refractivity (Wildman–Crippen MR) is 93.5 cm³/mol. The van der Waals surface area contributed by atoms with E-state index in [1.165, 1.54) is 18.7 Å². The standard InChI is InChI=1S/C18H21N3O4/c1-17(2)12-4-5-18(17,3)16(7-12)20-19-9-11-6-14-15(25-10-24-14)8-13(11)21(22)23/h6,8-9,12H,4-5,7,10H2,1-3H3/b19-9+,20-16+. The Hall–Kier alpha value is -2.44. The van der Waals surface area contributed by atoms with Gasteiger partial charge in [0.25, 0.3) is 5.69 Å². The molecule has 7 nitrogen and oxygen atoms in total. The molecule has 0 saturated heterocycles. The minimum atomic E-state index is -0.446. The van der Waals surface area contributed by atoms with Gasteiger partial charge in [-0.1, -0.05) is 20.8 Å². The average molecular weight is 343 g/mol. The molecule has 7 heteroatoms. The zero-order valence-electron chi connectivity index (χ0n) is 14.6. The molecule has 1 aliphatic heterocycles.